The summed E-state index contributed by atoms with van der Waals surface area (Å²) < 4.78 is 69.7. The van der Waals surface area contributed by atoms with Crippen LogP contribution in [0.3, 0.4) is 0 Å². The monoisotopic (exact) mass is 387 g/mol. The summed E-state index contributed by atoms with van der Waals surface area (Å²) in [4.78, 5) is 7.05. The van der Waals surface area contributed by atoms with Gasteiger partial charge < -0.3 is 4.74 Å². The van der Waals surface area contributed by atoms with Gasteiger partial charge in [-0.25, -0.2) is 8.42 Å². The van der Waals surface area contributed by atoms with Gasteiger partial charge in [-0.2, -0.15) is 17.5 Å². The van der Waals surface area contributed by atoms with Crippen LogP contribution in [0.1, 0.15) is 17.8 Å². The van der Waals surface area contributed by atoms with Crippen molar-refractivity contribution in [3.05, 3.63) is 48.0 Å². The van der Waals surface area contributed by atoms with Crippen molar-refractivity contribution in [2.24, 2.45) is 0 Å². The van der Waals surface area contributed by atoms with Gasteiger partial charge in [-0.05, 0) is 37.6 Å². The number of hydrogen-bond acceptors (Lipinski definition) is 5. The third-order valence-electron chi connectivity index (χ3n) is 3.96. The number of rotatable bonds is 4. The zero-order valence-corrected chi connectivity index (χ0v) is 14.6. The third-order valence-corrected chi connectivity index (χ3v) is 5.81. The maximum absolute atomic E-state index is 12.6. The van der Waals surface area contributed by atoms with E-state index in [0.717, 1.165) is 18.0 Å². The molecule has 1 atom stereocenters. The molecule has 26 heavy (non-hydrogen) atoms. The topological polar surface area (TPSA) is 72.4 Å². The molecule has 6 nitrogen and oxygen atoms in total. The van der Waals surface area contributed by atoms with E-state index in [1.165, 1.54) is 4.31 Å². The molecule has 10 heteroatoms. The standard InChI is InChI=1S/C16H16F3N3O3S/c1-11-2-3-12(8-20-11)25-13-6-7-22(10-13)26(23,24)14-4-5-15(21-9-14)16(17,18)19/h2-5,8-9,13H,6-7,10H2,1H3/t13-/m1/s1. The summed E-state index contributed by atoms with van der Waals surface area (Å²) in [7, 11) is -3.93. The van der Waals surface area contributed by atoms with Crippen molar-refractivity contribution < 1.29 is 26.3 Å². The molecule has 0 saturated carbocycles. The molecule has 0 spiro atoms. The van der Waals surface area contributed by atoms with Crippen molar-refractivity contribution in [2.45, 2.75) is 30.5 Å². The van der Waals surface area contributed by atoms with Gasteiger partial charge in [0.05, 0.1) is 12.7 Å². The van der Waals surface area contributed by atoms with E-state index >= 15 is 0 Å². The Morgan fingerprint density at radius 1 is 1.15 bits per heavy atom. The Kier molecular flexibility index (Phi) is 4.89. The van der Waals surface area contributed by atoms with Gasteiger partial charge in [0, 0.05) is 18.4 Å². The smallest absolute Gasteiger partial charge is 0.433 e. The van der Waals surface area contributed by atoms with Crippen molar-refractivity contribution in [2.75, 3.05) is 13.1 Å². The fourth-order valence-electron chi connectivity index (χ4n) is 2.58. The highest BCUT2D eigenvalue weighted by molar-refractivity contribution is 7.89. The number of aryl methyl sites for hydroxylation is 1. The van der Waals surface area contributed by atoms with Crippen LogP contribution in [0.15, 0.2) is 41.6 Å². The minimum atomic E-state index is -4.61. The molecule has 0 N–H and O–H groups in total. The predicted octanol–water partition coefficient (Wildman–Crippen LogP) is 2.65. The lowest BCUT2D eigenvalue weighted by Crippen LogP contribution is -2.31. The van der Waals surface area contributed by atoms with E-state index in [2.05, 4.69) is 9.97 Å². The molecule has 1 fully saturated rings. The first-order valence-electron chi connectivity index (χ1n) is 7.79. The summed E-state index contributed by atoms with van der Waals surface area (Å²) in [6.45, 7) is 2.16. The molecule has 1 saturated heterocycles. The van der Waals surface area contributed by atoms with Crippen LogP contribution in [0.4, 0.5) is 13.2 Å². The average molecular weight is 387 g/mol. The van der Waals surface area contributed by atoms with Gasteiger partial charge in [0.25, 0.3) is 0 Å². The van der Waals surface area contributed by atoms with Crippen LogP contribution in [0.5, 0.6) is 5.75 Å². The lowest BCUT2D eigenvalue weighted by molar-refractivity contribution is -0.141. The molecular formula is C16H16F3N3O3S. The molecule has 0 unspecified atom stereocenters. The molecule has 2 aromatic heterocycles. The van der Waals surface area contributed by atoms with Crippen LogP contribution in [-0.2, 0) is 16.2 Å². The SMILES string of the molecule is Cc1ccc(O[C@@H]2CCN(S(=O)(=O)c3ccc(C(F)(F)F)nc3)C2)cn1. The minimum Gasteiger partial charge on any atom is -0.487 e. The number of aromatic nitrogens is 2. The van der Waals surface area contributed by atoms with E-state index in [1.54, 1.807) is 18.3 Å². The lowest BCUT2D eigenvalue weighted by Gasteiger charge is -2.17. The zero-order chi connectivity index (χ0) is 18.9. The second-order valence-electron chi connectivity index (χ2n) is 5.90. The molecule has 0 amide bonds. The minimum absolute atomic E-state index is 0.108. The van der Waals surface area contributed by atoms with Gasteiger partial charge in [-0.1, -0.05) is 0 Å². The van der Waals surface area contributed by atoms with E-state index in [9.17, 15) is 21.6 Å². The Labute approximate surface area is 148 Å². The maximum Gasteiger partial charge on any atom is 0.433 e. The highest BCUT2D eigenvalue weighted by Gasteiger charge is 2.36. The first kappa shape index (κ1) is 18.6. The van der Waals surface area contributed by atoms with Gasteiger partial charge in [0.2, 0.25) is 10.0 Å². The summed E-state index contributed by atoms with van der Waals surface area (Å²) >= 11 is 0. The second-order valence-corrected chi connectivity index (χ2v) is 7.84. The van der Waals surface area contributed by atoms with E-state index in [-0.39, 0.29) is 24.1 Å². The van der Waals surface area contributed by atoms with Crippen molar-refractivity contribution >= 4 is 10.0 Å². The summed E-state index contributed by atoms with van der Waals surface area (Å²) in [5.41, 5.74) is -0.297. The Bertz CT molecular complexity index is 868. The Morgan fingerprint density at radius 2 is 1.92 bits per heavy atom. The highest BCUT2D eigenvalue weighted by Crippen LogP contribution is 2.29. The van der Waals surface area contributed by atoms with Gasteiger partial charge in [-0.15, -0.1) is 0 Å². The number of ether oxygens (including phenoxy) is 1. The molecule has 3 rings (SSSR count). The molecule has 1 aliphatic rings. The van der Waals surface area contributed by atoms with Crippen LogP contribution in [0.25, 0.3) is 0 Å². The van der Waals surface area contributed by atoms with Crippen LogP contribution < -0.4 is 4.74 Å². The van der Waals surface area contributed by atoms with E-state index in [1.807, 2.05) is 6.92 Å². The fourth-order valence-corrected chi connectivity index (χ4v) is 4.01. The van der Waals surface area contributed by atoms with Crippen molar-refractivity contribution in [1.29, 1.82) is 0 Å². The number of pyridine rings is 2. The normalized spacial score (nSPS) is 18.8. The lowest BCUT2D eigenvalue weighted by atomic mass is 10.3. The Hall–Kier alpha value is -2.20. The van der Waals surface area contributed by atoms with Gasteiger partial charge in [0.15, 0.2) is 0 Å². The van der Waals surface area contributed by atoms with Crippen LogP contribution in [0.2, 0.25) is 0 Å². The molecule has 1 aliphatic heterocycles. The first-order chi connectivity index (χ1) is 12.2. The molecule has 0 bridgehead atoms. The summed E-state index contributed by atoms with van der Waals surface area (Å²) in [6.07, 6.45) is -2.20. The van der Waals surface area contributed by atoms with Crippen LogP contribution in [-0.4, -0.2) is 41.9 Å². The quantitative estimate of drug-likeness (QED) is 0.807. The van der Waals surface area contributed by atoms with Crippen LogP contribution in [0, 0.1) is 6.92 Å². The molecule has 0 radical (unpaired) electrons. The number of halogens is 3. The summed E-state index contributed by atoms with van der Waals surface area (Å²) in [5, 5.41) is 0. The first-order valence-corrected chi connectivity index (χ1v) is 9.23. The number of sulfonamides is 1. The molecule has 3 heterocycles. The van der Waals surface area contributed by atoms with Gasteiger partial charge >= 0.3 is 6.18 Å². The summed E-state index contributed by atoms with van der Waals surface area (Å²) in [5.74, 6) is 0.538. The predicted molar refractivity (Wildman–Crippen MR) is 86.0 cm³/mol. The molecule has 140 valence electrons. The second kappa shape index (κ2) is 6.84. The molecular weight excluding hydrogens is 371 g/mol. The Morgan fingerprint density at radius 3 is 2.50 bits per heavy atom. The van der Waals surface area contributed by atoms with E-state index < -0.39 is 21.9 Å². The third kappa shape index (κ3) is 3.96. The molecule has 2 aromatic rings. The van der Waals surface area contributed by atoms with Crippen molar-refractivity contribution in [3.63, 3.8) is 0 Å². The van der Waals surface area contributed by atoms with E-state index in [0.29, 0.717) is 18.2 Å². The number of alkyl halides is 3. The molecule has 0 aromatic carbocycles. The van der Waals surface area contributed by atoms with Crippen molar-refractivity contribution in [3.8, 4) is 5.75 Å². The Balaban J connectivity index is 1.69. The average Bonchev–Trinajstić information content (AvgIpc) is 3.06. The van der Waals surface area contributed by atoms with Crippen LogP contribution >= 0.6 is 0 Å². The zero-order valence-electron chi connectivity index (χ0n) is 13.8. The summed E-state index contributed by atoms with van der Waals surface area (Å²) in [6, 6.07) is 5.12. The largest absolute Gasteiger partial charge is 0.487 e. The number of hydrogen-bond donors (Lipinski definition) is 0. The number of nitrogens with zero attached hydrogens (tertiary/aromatic N) is 3. The van der Waals surface area contributed by atoms with E-state index in [4.69, 9.17) is 4.74 Å². The van der Waals surface area contributed by atoms with Crippen molar-refractivity contribution in [1.82, 2.24) is 14.3 Å². The molecule has 0 aliphatic carbocycles. The fraction of sp³-hybridized carbons (Fsp3) is 0.375. The maximum atomic E-state index is 12.6. The highest BCUT2D eigenvalue weighted by atomic mass is 32.2. The van der Waals surface area contributed by atoms with Gasteiger partial charge in [-0.3, -0.25) is 9.97 Å². The van der Waals surface area contributed by atoms with Gasteiger partial charge in [0.1, 0.15) is 22.4 Å².